The lowest BCUT2D eigenvalue weighted by Crippen LogP contribution is -2.41. The summed E-state index contributed by atoms with van der Waals surface area (Å²) in [6, 6.07) is 9.25. The zero-order chi connectivity index (χ0) is 11.5. The molecule has 2 rings (SSSR count). The van der Waals surface area contributed by atoms with Crippen LogP contribution in [-0.2, 0) is 0 Å². The Hall–Kier alpha value is -0.670. The summed E-state index contributed by atoms with van der Waals surface area (Å²) < 4.78 is 0. The van der Waals surface area contributed by atoms with Crippen molar-refractivity contribution in [1.82, 2.24) is 0 Å². The van der Waals surface area contributed by atoms with E-state index in [1.54, 1.807) is 0 Å². The van der Waals surface area contributed by atoms with Gasteiger partial charge in [-0.2, -0.15) is 11.8 Å². The Bertz CT molecular complexity index is 352. The maximum absolute atomic E-state index is 6.03. The van der Waals surface area contributed by atoms with Crippen molar-refractivity contribution in [3.8, 4) is 0 Å². The average Bonchev–Trinajstić information content (AvgIpc) is 2.29. The number of anilines is 1. The van der Waals surface area contributed by atoms with Crippen LogP contribution in [0.3, 0.4) is 0 Å². The Morgan fingerprint density at radius 1 is 1.44 bits per heavy atom. The lowest BCUT2D eigenvalue weighted by molar-refractivity contribution is 0.688. The number of thioether (sulfide) groups is 1. The van der Waals surface area contributed by atoms with Crippen molar-refractivity contribution in [3.63, 3.8) is 0 Å². The number of hydrogen-bond acceptors (Lipinski definition) is 3. The van der Waals surface area contributed by atoms with Crippen LogP contribution in [0.4, 0.5) is 5.69 Å². The Morgan fingerprint density at radius 2 is 2.19 bits per heavy atom. The van der Waals surface area contributed by atoms with Gasteiger partial charge in [0.2, 0.25) is 0 Å². The van der Waals surface area contributed by atoms with Crippen molar-refractivity contribution in [1.29, 1.82) is 0 Å². The molecular formula is C13H20N2S. The summed E-state index contributed by atoms with van der Waals surface area (Å²) in [6.07, 6.45) is 0. The quantitative estimate of drug-likeness (QED) is 0.856. The van der Waals surface area contributed by atoms with E-state index in [2.05, 4.69) is 43.0 Å². The van der Waals surface area contributed by atoms with Gasteiger partial charge in [0.15, 0.2) is 0 Å². The third-order valence-electron chi connectivity index (χ3n) is 3.10. The number of rotatable bonds is 2. The van der Waals surface area contributed by atoms with Crippen molar-refractivity contribution in [2.75, 3.05) is 23.0 Å². The first kappa shape index (κ1) is 11.8. The minimum atomic E-state index is 0.109. The summed E-state index contributed by atoms with van der Waals surface area (Å²) >= 11 is 2.04. The third kappa shape index (κ3) is 2.36. The Kier molecular flexibility index (Phi) is 3.77. The highest BCUT2D eigenvalue weighted by atomic mass is 32.2. The van der Waals surface area contributed by atoms with Crippen molar-refractivity contribution >= 4 is 17.4 Å². The van der Waals surface area contributed by atoms with Crippen molar-refractivity contribution < 1.29 is 0 Å². The molecule has 0 bridgehead atoms. The van der Waals surface area contributed by atoms with Crippen LogP contribution in [0.25, 0.3) is 0 Å². The highest BCUT2D eigenvalue weighted by Gasteiger charge is 2.21. The van der Waals surface area contributed by atoms with Crippen molar-refractivity contribution in [3.05, 3.63) is 29.8 Å². The third-order valence-corrected chi connectivity index (χ3v) is 4.29. The number of nitrogens with zero attached hydrogens (tertiary/aromatic N) is 1. The maximum atomic E-state index is 6.03. The van der Waals surface area contributed by atoms with Crippen LogP contribution in [-0.4, -0.2) is 24.1 Å². The molecule has 16 heavy (non-hydrogen) atoms. The molecule has 2 nitrogen and oxygen atoms in total. The first-order valence-corrected chi connectivity index (χ1v) is 7.04. The summed E-state index contributed by atoms with van der Waals surface area (Å²) in [4.78, 5) is 2.50. The molecule has 0 aromatic heterocycles. The predicted octanol–water partition coefficient (Wildman–Crippen LogP) is 2.65. The van der Waals surface area contributed by atoms with Gasteiger partial charge < -0.3 is 10.6 Å². The maximum Gasteiger partial charge on any atom is 0.0417 e. The zero-order valence-electron chi connectivity index (χ0n) is 10.0. The molecule has 1 aromatic rings. The molecular weight excluding hydrogens is 216 g/mol. The SMILES string of the molecule is CC(N)c1ccccc1N1CCSCC1C. The molecule has 2 atom stereocenters. The van der Waals surface area contributed by atoms with Crippen molar-refractivity contribution in [2.24, 2.45) is 5.73 Å². The molecule has 0 saturated carbocycles. The molecule has 0 amide bonds. The van der Waals surface area contributed by atoms with Gasteiger partial charge in [-0.15, -0.1) is 0 Å². The van der Waals surface area contributed by atoms with Gasteiger partial charge >= 0.3 is 0 Å². The minimum Gasteiger partial charge on any atom is -0.367 e. The molecule has 1 heterocycles. The van der Waals surface area contributed by atoms with Gasteiger partial charge in [0.1, 0.15) is 0 Å². The molecule has 1 saturated heterocycles. The summed E-state index contributed by atoms with van der Waals surface area (Å²) in [7, 11) is 0. The first-order chi connectivity index (χ1) is 7.70. The lowest BCUT2D eigenvalue weighted by atomic mass is 10.0. The number of benzene rings is 1. The Balaban J connectivity index is 2.31. The van der Waals surface area contributed by atoms with Gasteiger partial charge in [0.25, 0.3) is 0 Å². The average molecular weight is 236 g/mol. The van der Waals surface area contributed by atoms with Crippen molar-refractivity contribution in [2.45, 2.75) is 25.9 Å². The van der Waals surface area contributed by atoms with Crippen LogP contribution < -0.4 is 10.6 Å². The molecule has 1 fully saturated rings. The molecule has 1 aromatic carbocycles. The van der Waals surface area contributed by atoms with Gasteiger partial charge in [0, 0.05) is 35.8 Å². The second-order valence-corrected chi connectivity index (χ2v) is 5.61. The van der Waals surface area contributed by atoms with E-state index in [9.17, 15) is 0 Å². The number of para-hydroxylation sites is 1. The van der Waals surface area contributed by atoms with Crippen LogP contribution in [0, 0.1) is 0 Å². The predicted molar refractivity (Wildman–Crippen MR) is 73.2 cm³/mol. The fourth-order valence-electron chi connectivity index (χ4n) is 2.22. The van der Waals surface area contributed by atoms with E-state index in [1.165, 1.54) is 22.8 Å². The number of nitrogens with two attached hydrogens (primary N) is 1. The smallest absolute Gasteiger partial charge is 0.0417 e. The van der Waals surface area contributed by atoms with E-state index in [-0.39, 0.29) is 6.04 Å². The molecule has 0 radical (unpaired) electrons. The van der Waals surface area contributed by atoms with Gasteiger partial charge in [-0.3, -0.25) is 0 Å². The van der Waals surface area contributed by atoms with E-state index >= 15 is 0 Å². The highest BCUT2D eigenvalue weighted by molar-refractivity contribution is 7.99. The van der Waals surface area contributed by atoms with E-state index < -0.39 is 0 Å². The summed E-state index contributed by atoms with van der Waals surface area (Å²) in [5, 5.41) is 0. The highest BCUT2D eigenvalue weighted by Crippen LogP contribution is 2.29. The lowest BCUT2D eigenvalue weighted by Gasteiger charge is -2.36. The molecule has 88 valence electrons. The van der Waals surface area contributed by atoms with Crippen LogP contribution in [0.2, 0.25) is 0 Å². The normalized spacial score (nSPS) is 23.2. The molecule has 2 unspecified atom stereocenters. The van der Waals surface area contributed by atoms with E-state index in [4.69, 9.17) is 5.73 Å². The fraction of sp³-hybridized carbons (Fsp3) is 0.538. The molecule has 3 heteroatoms. The minimum absolute atomic E-state index is 0.109. The summed E-state index contributed by atoms with van der Waals surface area (Å²) in [5.74, 6) is 2.44. The monoisotopic (exact) mass is 236 g/mol. The van der Waals surface area contributed by atoms with E-state index in [0.717, 1.165) is 6.54 Å². The van der Waals surface area contributed by atoms with Crippen LogP contribution in [0.1, 0.15) is 25.5 Å². The summed E-state index contributed by atoms with van der Waals surface area (Å²) in [6.45, 7) is 5.49. The second kappa shape index (κ2) is 5.11. The molecule has 0 aliphatic carbocycles. The molecule has 1 aliphatic rings. The standard InChI is InChI=1S/C13H20N2S/c1-10-9-16-8-7-15(10)13-6-4-3-5-12(13)11(2)14/h3-6,10-11H,7-9,14H2,1-2H3. The largest absolute Gasteiger partial charge is 0.367 e. The van der Waals surface area contributed by atoms with Gasteiger partial charge in [0.05, 0.1) is 0 Å². The molecule has 0 spiro atoms. The fourth-order valence-corrected chi connectivity index (χ4v) is 3.23. The second-order valence-electron chi connectivity index (χ2n) is 4.46. The first-order valence-electron chi connectivity index (χ1n) is 5.89. The van der Waals surface area contributed by atoms with Crippen LogP contribution >= 0.6 is 11.8 Å². The Labute approximate surface area is 102 Å². The van der Waals surface area contributed by atoms with E-state index in [0.29, 0.717) is 6.04 Å². The van der Waals surface area contributed by atoms with Gasteiger partial charge in [-0.1, -0.05) is 18.2 Å². The Morgan fingerprint density at radius 3 is 2.88 bits per heavy atom. The van der Waals surface area contributed by atoms with Gasteiger partial charge in [-0.25, -0.2) is 0 Å². The molecule has 1 aliphatic heterocycles. The van der Waals surface area contributed by atoms with Crippen LogP contribution in [0.5, 0.6) is 0 Å². The number of hydrogen-bond donors (Lipinski definition) is 1. The van der Waals surface area contributed by atoms with E-state index in [1.807, 2.05) is 11.8 Å². The zero-order valence-corrected chi connectivity index (χ0v) is 10.8. The van der Waals surface area contributed by atoms with Crippen LogP contribution in [0.15, 0.2) is 24.3 Å². The van der Waals surface area contributed by atoms with Gasteiger partial charge in [-0.05, 0) is 25.5 Å². The summed E-state index contributed by atoms with van der Waals surface area (Å²) in [5.41, 5.74) is 8.62. The molecule has 2 N–H and O–H groups in total. The topological polar surface area (TPSA) is 29.3 Å².